The molecule has 0 saturated heterocycles. The van der Waals surface area contributed by atoms with Crippen molar-refractivity contribution in [3.05, 3.63) is 114 Å². The van der Waals surface area contributed by atoms with Crippen molar-refractivity contribution in [2.24, 2.45) is 5.92 Å². The number of anilines is 2. The summed E-state index contributed by atoms with van der Waals surface area (Å²) in [4.78, 5) is 22.1. The maximum Gasteiger partial charge on any atom is 0.249 e. The minimum atomic E-state index is -0.917. The number of hydrogen-bond acceptors (Lipinski definition) is 7. The van der Waals surface area contributed by atoms with Crippen LogP contribution in [0.5, 0.6) is 5.75 Å². The average Bonchev–Trinajstić information content (AvgIpc) is 3.38. The number of ether oxygens (including phenoxy) is 1. The molecule has 0 radical (unpaired) electrons. The number of benzene rings is 3. The Labute approximate surface area is 239 Å². The van der Waals surface area contributed by atoms with E-state index in [9.17, 15) is 9.90 Å². The Morgan fingerprint density at radius 2 is 1.51 bits per heavy atom. The quantitative estimate of drug-likeness (QED) is 0.208. The van der Waals surface area contributed by atoms with E-state index in [1.807, 2.05) is 74.5 Å². The first-order valence-corrected chi connectivity index (χ1v) is 13.6. The Hall–Kier alpha value is -4.76. The van der Waals surface area contributed by atoms with Gasteiger partial charge in [0.15, 0.2) is 11.5 Å². The predicted octanol–water partition coefficient (Wildman–Crippen LogP) is 5.05. The summed E-state index contributed by atoms with van der Waals surface area (Å²) in [5.41, 5.74) is 3.12. The third kappa shape index (κ3) is 5.62. The molecule has 0 aliphatic heterocycles. The molecule has 9 heteroatoms. The summed E-state index contributed by atoms with van der Waals surface area (Å²) >= 11 is 0. The van der Waals surface area contributed by atoms with Crippen LogP contribution in [-0.4, -0.2) is 43.8 Å². The lowest BCUT2D eigenvalue weighted by Crippen LogP contribution is -2.39. The molecule has 1 amide bonds. The second-order valence-corrected chi connectivity index (χ2v) is 10.3. The Morgan fingerprint density at radius 1 is 0.927 bits per heavy atom. The van der Waals surface area contributed by atoms with Crippen molar-refractivity contribution >= 4 is 23.3 Å². The van der Waals surface area contributed by atoms with Gasteiger partial charge in [-0.25, -0.2) is 9.50 Å². The van der Waals surface area contributed by atoms with Crippen molar-refractivity contribution in [1.29, 1.82) is 0 Å². The number of fused-ring (bicyclic) bond motifs is 1. The minimum Gasteiger partial charge on any atom is -0.497 e. The van der Waals surface area contributed by atoms with Crippen LogP contribution in [-0.2, 0) is 16.8 Å². The van der Waals surface area contributed by atoms with Gasteiger partial charge in [-0.05, 0) is 35.7 Å². The van der Waals surface area contributed by atoms with Crippen molar-refractivity contribution in [2.75, 3.05) is 17.7 Å². The summed E-state index contributed by atoms with van der Waals surface area (Å²) < 4.78 is 7.09. The van der Waals surface area contributed by atoms with Crippen molar-refractivity contribution in [2.45, 2.75) is 38.8 Å². The zero-order valence-corrected chi connectivity index (χ0v) is 23.6. The van der Waals surface area contributed by atoms with E-state index in [1.54, 1.807) is 24.7 Å². The van der Waals surface area contributed by atoms with Gasteiger partial charge in [-0.2, -0.15) is 4.98 Å². The zero-order chi connectivity index (χ0) is 29.0. The Bertz CT molecular complexity index is 1580. The zero-order valence-electron chi connectivity index (χ0n) is 23.6. The first-order valence-electron chi connectivity index (χ1n) is 13.6. The Kier molecular flexibility index (Phi) is 7.98. The standard InChI is InChI=1S/C32H34N6O3/c1-21(2)30(40)35-31-34-28(29-33-20-26(19-22(3)39)38(29)37-31)36-32(23-11-7-5-8-12-23,24-13-9-6-10-14-24)25-15-17-27(41-4)18-16-25/h5-18,20-22,39H,19H2,1-4H3,(H2,34,35,36,37,40). The second kappa shape index (κ2) is 11.8. The molecule has 2 aromatic heterocycles. The molecular weight excluding hydrogens is 516 g/mol. The van der Waals surface area contributed by atoms with Crippen LogP contribution in [0.3, 0.4) is 0 Å². The smallest absolute Gasteiger partial charge is 0.249 e. The lowest BCUT2D eigenvalue weighted by molar-refractivity contribution is -0.118. The van der Waals surface area contributed by atoms with E-state index >= 15 is 0 Å². The maximum atomic E-state index is 12.7. The molecule has 41 heavy (non-hydrogen) atoms. The number of rotatable bonds is 10. The predicted molar refractivity (Wildman–Crippen MR) is 159 cm³/mol. The number of methoxy groups -OCH3 is 1. The molecule has 1 atom stereocenters. The van der Waals surface area contributed by atoms with Gasteiger partial charge in [-0.1, -0.05) is 86.6 Å². The van der Waals surface area contributed by atoms with Crippen LogP contribution < -0.4 is 15.4 Å². The van der Waals surface area contributed by atoms with Crippen molar-refractivity contribution < 1.29 is 14.6 Å². The van der Waals surface area contributed by atoms with Gasteiger partial charge in [0.25, 0.3) is 0 Å². The summed E-state index contributed by atoms with van der Waals surface area (Å²) in [6.07, 6.45) is 1.40. The van der Waals surface area contributed by atoms with Crippen LogP contribution in [0, 0.1) is 5.92 Å². The molecule has 3 aromatic carbocycles. The topological polar surface area (TPSA) is 114 Å². The highest BCUT2D eigenvalue weighted by atomic mass is 16.5. The van der Waals surface area contributed by atoms with Gasteiger partial charge in [0.2, 0.25) is 11.9 Å². The largest absolute Gasteiger partial charge is 0.497 e. The summed E-state index contributed by atoms with van der Waals surface area (Å²) in [7, 11) is 1.64. The van der Waals surface area contributed by atoms with Crippen LogP contribution in [0.1, 0.15) is 43.2 Å². The summed E-state index contributed by atoms with van der Waals surface area (Å²) in [6.45, 7) is 5.33. The van der Waals surface area contributed by atoms with Crippen molar-refractivity contribution in [3.63, 3.8) is 0 Å². The molecule has 2 heterocycles. The number of imidazole rings is 1. The number of aliphatic hydroxyl groups is 1. The third-order valence-electron chi connectivity index (χ3n) is 6.94. The van der Waals surface area contributed by atoms with Crippen LogP contribution in [0.2, 0.25) is 0 Å². The van der Waals surface area contributed by atoms with E-state index in [2.05, 4.69) is 45.0 Å². The molecule has 0 bridgehead atoms. The van der Waals surface area contributed by atoms with Gasteiger partial charge >= 0.3 is 0 Å². The summed E-state index contributed by atoms with van der Waals surface area (Å²) in [5, 5.41) is 21.3. The molecule has 0 aliphatic carbocycles. The SMILES string of the molecule is COc1ccc(C(Nc2nc(NC(=O)C(C)C)nn3c(CC(C)O)cnc23)(c2ccccc2)c2ccccc2)cc1. The number of carbonyl (C=O) groups is 1. The second-order valence-electron chi connectivity index (χ2n) is 10.3. The molecule has 3 N–H and O–H groups in total. The molecule has 0 saturated carbocycles. The molecule has 0 fully saturated rings. The molecule has 0 spiro atoms. The number of nitrogens with zero attached hydrogens (tertiary/aromatic N) is 4. The number of aliphatic hydroxyl groups excluding tert-OH is 1. The highest BCUT2D eigenvalue weighted by molar-refractivity contribution is 5.90. The normalized spacial score (nSPS) is 12.3. The molecule has 9 nitrogen and oxygen atoms in total. The van der Waals surface area contributed by atoms with E-state index in [-0.39, 0.29) is 17.8 Å². The van der Waals surface area contributed by atoms with Crippen LogP contribution in [0.15, 0.2) is 91.1 Å². The molecule has 210 valence electrons. The van der Waals surface area contributed by atoms with E-state index in [0.717, 1.165) is 22.4 Å². The number of carbonyl (C=O) groups excluding carboxylic acids is 1. The fourth-order valence-corrected chi connectivity index (χ4v) is 4.87. The van der Waals surface area contributed by atoms with E-state index in [1.165, 1.54) is 0 Å². The first-order chi connectivity index (χ1) is 19.8. The van der Waals surface area contributed by atoms with Gasteiger partial charge in [0.05, 0.1) is 25.1 Å². The van der Waals surface area contributed by atoms with Crippen LogP contribution >= 0.6 is 0 Å². The van der Waals surface area contributed by atoms with Crippen LogP contribution in [0.25, 0.3) is 5.65 Å². The van der Waals surface area contributed by atoms with Gasteiger partial charge in [-0.3, -0.25) is 10.1 Å². The first kappa shape index (κ1) is 27.8. The number of aromatic nitrogens is 4. The van der Waals surface area contributed by atoms with Crippen molar-refractivity contribution in [1.82, 2.24) is 19.6 Å². The monoisotopic (exact) mass is 550 g/mol. The van der Waals surface area contributed by atoms with E-state index < -0.39 is 11.6 Å². The lowest BCUT2D eigenvalue weighted by atomic mass is 9.77. The summed E-state index contributed by atoms with van der Waals surface area (Å²) in [6, 6.07) is 28.1. The third-order valence-corrected chi connectivity index (χ3v) is 6.94. The highest BCUT2D eigenvalue weighted by Crippen LogP contribution is 2.41. The molecule has 5 rings (SSSR count). The van der Waals surface area contributed by atoms with Crippen LogP contribution in [0.4, 0.5) is 11.8 Å². The molecular formula is C32H34N6O3. The molecule has 5 aromatic rings. The average molecular weight is 551 g/mol. The lowest BCUT2D eigenvalue weighted by Gasteiger charge is -2.37. The maximum absolute atomic E-state index is 12.7. The number of amides is 1. The minimum absolute atomic E-state index is 0.133. The van der Waals surface area contributed by atoms with Gasteiger partial charge in [0.1, 0.15) is 11.3 Å². The van der Waals surface area contributed by atoms with Gasteiger partial charge in [-0.15, -0.1) is 5.10 Å². The molecule has 0 aliphatic rings. The Balaban J connectivity index is 1.78. The molecule has 1 unspecified atom stereocenters. The van der Waals surface area contributed by atoms with Gasteiger partial charge in [0, 0.05) is 12.3 Å². The summed E-state index contributed by atoms with van der Waals surface area (Å²) in [5.74, 6) is 0.813. The van der Waals surface area contributed by atoms with Crippen molar-refractivity contribution in [3.8, 4) is 5.75 Å². The number of nitrogens with one attached hydrogen (secondary N) is 2. The van der Waals surface area contributed by atoms with E-state index in [0.29, 0.717) is 23.6 Å². The van der Waals surface area contributed by atoms with Gasteiger partial charge < -0.3 is 15.2 Å². The highest BCUT2D eigenvalue weighted by Gasteiger charge is 2.38. The van der Waals surface area contributed by atoms with E-state index in [4.69, 9.17) is 9.72 Å². The fourth-order valence-electron chi connectivity index (χ4n) is 4.87. The Morgan fingerprint density at radius 3 is 2.05 bits per heavy atom. The fraction of sp³-hybridized carbons (Fsp3) is 0.250. The number of hydrogen-bond donors (Lipinski definition) is 3.